The first kappa shape index (κ1) is 73.0. The van der Waals surface area contributed by atoms with Crippen molar-refractivity contribution in [3.05, 3.63) is 72.9 Å². The summed E-state index contributed by atoms with van der Waals surface area (Å²) in [6.07, 6.45) is 29.8. The van der Waals surface area contributed by atoms with Crippen LogP contribution in [0.2, 0.25) is 0 Å². The molecular formula is C63H98O17. The molecule has 0 aliphatic heterocycles. The number of carboxylic acids is 2. The molecule has 3 aliphatic rings. The largest absolute Gasteiger partial charge is 0.481 e. The van der Waals surface area contributed by atoms with Gasteiger partial charge in [-0.2, -0.15) is 0 Å². The Morgan fingerprint density at radius 3 is 1.39 bits per heavy atom. The summed E-state index contributed by atoms with van der Waals surface area (Å²) in [5.74, 6) is -4.81. The molecule has 0 heterocycles. The van der Waals surface area contributed by atoms with Crippen molar-refractivity contribution in [2.24, 2.45) is 41.4 Å². The lowest BCUT2D eigenvalue weighted by molar-refractivity contribution is -0.140. The Labute approximate surface area is 475 Å². The number of esters is 1. The van der Waals surface area contributed by atoms with Gasteiger partial charge in [-0.15, -0.1) is 0 Å². The Bertz CT molecular complexity index is 2050. The highest BCUT2D eigenvalue weighted by molar-refractivity contribution is 5.92. The molecule has 0 bridgehead atoms. The van der Waals surface area contributed by atoms with Crippen LogP contribution in [0.1, 0.15) is 188 Å². The van der Waals surface area contributed by atoms with Gasteiger partial charge in [-0.3, -0.25) is 38.4 Å². The Morgan fingerprint density at radius 1 is 0.525 bits per heavy atom. The summed E-state index contributed by atoms with van der Waals surface area (Å²) in [6.45, 7) is 8.44. The first-order valence-electron chi connectivity index (χ1n) is 29.3. The number of aliphatic hydroxyl groups excluding tert-OH is 6. The Kier molecular flexibility index (Phi) is 39.0. The van der Waals surface area contributed by atoms with E-state index in [1.807, 2.05) is 12.2 Å². The van der Waals surface area contributed by atoms with E-state index in [0.29, 0.717) is 44.4 Å². The summed E-state index contributed by atoms with van der Waals surface area (Å²) in [6, 6.07) is 0. The maximum atomic E-state index is 12.2. The molecule has 0 aromatic carbocycles. The topological polar surface area (TPSA) is 308 Å². The molecule has 3 saturated carbocycles. The van der Waals surface area contributed by atoms with Crippen LogP contribution in [0.3, 0.4) is 0 Å². The Balaban J connectivity index is 0.000000602. The van der Waals surface area contributed by atoms with Crippen molar-refractivity contribution in [3.63, 3.8) is 0 Å². The van der Waals surface area contributed by atoms with Crippen molar-refractivity contribution in [2.75, 3.05) is 7.11 Å². The fourth-order valence-electron chi connectivity index (χ4n) is 10.1. The van der Waals surface area contributed by atoms with Gasteiger partial charge in [0.15, 0.2) is 0 Å². The van der Waals surface area contributed by atoms with Gasteiger partial charge in [0, 0.05) is 86.9 Å². The van der Waals surface area contributed by atoms with E-state index in [1.54, 1.807) is 48.6 Å². The van der Waals surface area contributed by atoms with E-state index in [2.05, 4.69) is 32.4 Å². The first-order valence-corrected chi connectivity index (χ1v) is 29.3. The van der Waals surface area contributed by atoms with Gasteiger partial charge in [-0.05, 0) is 44.4 Å². The molecule has 0 radical (unpaired) electrons. The maximum Gasteiger partial charge on any atom is 0.309 e. The third kappa shape index (κ3) is 31.8. The van der Waals surface area contributed by atoms with Crippen molar-refractivity contribution in [3.8, 4) is 0 Å². The maximum absolute atomic E-state index is 12.2. The predicted molar refractivity (Wildman–Crippen MR) is 306 cm³/mol. The third-order valence-corrected chi connectivity index (χ3v) is 14.8. The van der Waals surface area contributed by atoms with Crippen molar-refractivity contribution in [2.45, 2.75) is 225 Å². The quantitative estimate of drug-likeness (QED) is 0.0164. The van der Waals surface area contributed by atoms with Crippen molar-refractivity contribution in [1.82, 2.24) is 0 Å². The predicted octanol–water partition coefficient (Wildman–Crippen LogP) is 8.84. The van der Waals surface area contributed by atoms with E-state index in [0.717, 1.165) is 57.8 Å². The molecule has 17 nitrogen and oxygen atoms in total. The molecule has 0 aromatic rings. The molecule has 6 unspecified atom stereocenters. The third-order valence-electron chi connectivity index (χ3n) is 14.8. The molecule has 3 aliphatic carbocycles. The van der Waals surface area contributed by atoms with Crippen LogP contribution in [-0.2, 0) is 43.1 Å². The molecule has 80 heavy (non-hydrogen) atoms. The standard InChI is InChI=1S/C23H36O6.C20H30O6.C20H32O5/c1-4-5-8-16(2)13-18(25)11-12-19-20(22(27)15-21(19)26)14-17(24)9-6-7-10-23(28)29-3;1-2-3-4-7-14(21)10-11-16-17(19(24)13-18(16)23)12-15(22)8-5-6-9-20(25)26;1-2-3-6-9-15(21)12-13-17-16(18(22)14-19(17)23)10-7-4-5-8-11-20(24)25/h6-7,11-12,16,18-21,25-26H,4-5,8-10,13-15H2,1-3H3;5-6,10-11,14,16-18,21,23H,2-4,7-9,12-13H2,1H3,(H,25,26);4,7,12-13,15-17,19,21,23H,2-3,5-6,8-11,14H2,1H3,(H,24,25)/b7-6+,12-11+;6-5+,11-10+;7-4-,13-12+/t16-,18?,19+,20+,21?;14?,16-,17-,18?;15?,16-,17-,19?/m011/s1. The highest BCUT2D eigenvalue weighted by atomic mass is 16.5. The zero-order valence-electron chi connectivity index (χ0n) is 48.4. The number of unbranched alkanes of at least 4 members (excludes halogenated alkanes) is 6. The van der Waals surface area contributed by atoms with Crippen molar-refractivity contribution < 1.29 is 83.9 Å². The number of ether oxygens (including phenoxy) is 1. The summed E-state index contributed by atoms with van der Waals surface area (Å²) in [5.41, 5.74) is 0. The number of carbonyl (C=O) groups is 8. The number of hydrogen-bond acceptors (Lipinski definition) is 15. The summed E-state index contributed by atoms with van der Waals surface area (Å²) in [5, 5.41) is 77.8. The van der Waals surface area contributed by atoms with Crippen LogP contribution in [0, 0.1) is 41.4 Å². The van der Waals surface area contributed by atoms with E-state index in [9.17, 15) is 69.0 Å². The summed E-state index contributed by atoms with van der Waals surface area (Å²) >= 11 is 0. The lowest BCUT2D eigenvalue weighted by Gasteiger charge is -2.18. The van der Waals surface area contributed by atoms with E-state index in [-0.39, 0.29) is 111 Å². The van der Waals surface area contributed by atoms with Gasteiger partial charge in [-0.25, -0.2) is 0 Å². The van der Waals surface area contributed by atoms with Crippen LogP contribution in [0.25, 0.3) is 0 Å². The summed E-state index contributed by atoms with van der Waals surface area (Å²) in [4.78, 5) is 92.6. The Morgan fingerprint density at radius 2 is 0.950 bits per heavy atom. The molecule has 3 rings (SSSR count). The number of aliphatic hydroxyl groups is 6. The van der Waals surface area contributed by atoms with Crippen LogP contribution >= 0.6 is 0 Å². The second kappa shape index (κ2) is 42.8. The van der Waals surface area contributed by atoms with Crippen LogP contribution in [0.5, 0.6) is 0 Å². The van der Waals surface area contributed by atoms with E-state index in [1.165, 1.54) is 19.3 Å². The van der Waals surface area contributed by atoms with Gasteiger partial charge in [0.25, 0.3) is 0 Å². The molecule has 452 valence electrons. The highest BCUT2D eigenvalue weighted by Gasteiger charge is 2.42. The van der Waals surface area contributed by atoms with Gasteiger partial charge in [0.05, 0.1) is 56.6 Å². The second-order valence-electron chi connectivity index (χ2n) is 21.8. The average molecular weight is 1130 g/mol. The number of methoxy groups -OCH3 is 1. The van der Waals surface area contributed by atoms with Crippen molar-refractivity contribution >= 4 is 46.8 Å². The molecule has 8 N–H and O–H groups in total. The van der Waals surface area contributed by atoms with E-state index in [4.69, 9.17) is 10.2 Å². The zero-order chi connectivity index (χ0) is 60.0. The van der Waals surface area contributed by atoms with Crippen LogP contribution in [-0.4, -0.2) is 131 Å². The SMILES string of the molecule is CCCCCC(O)/C=C/[C@H]1C(O)CC(=O)[C@@H]1C/C=C\CCCC(=O)O.CCCCCC(O)/C=C/[C@H]1C(O)CC(=O)[C@@H]1CC(=O)C/C=C/CC(=O)O.CCCC[C@H](C)CC(O)/C=C/[C@H]1C(O)CC(=O)[C@@H]1CC(=O)C/C=C/CC(=O)OC. The fraction of sp³-hybridized carbons (Fsp3) is 0.683. The molecule has 0 spiro atoms. The summed E-state index contributed by atoms with van der Waals surface area (Å²) in [7, 11) is 1.30. The number of rotatable bonds is 37. The second-order valence-corrected chi connectivity index (χ2v) is 21.8. The highest BCUT2D eigenvalue weighted by Crippen LogP contribution is 2.36. The smallest absolute Gasteiger partial charge is 0.309 e. The fourth-order valence-corrected chi connectivity index (χ4v) is 10.1. The van der Waals surface area contributed by atoms with Crippen molar-refractivity contribution in [1.29, 1.82) is 0 Å². The zero-order valence-corrected chi connectivity index (χ0v) is 48.4. The average Bonchev–Trinajstić information content (AvgIpc) is 3.94. The van der Waals surface area contributed by atoms with Gasteiger partial charge < -0.3 is 45.6 Å². The lowest BCUT2D eigenvalue weighted by Crippen LogP contribution is -2.22. The van der Waals surface area contributed by atoms with Crippen LogP contribution in [0.4, 0.5) is 0 Å². The molecule has 17 heteroatoms. The number of Topliss-reactive ketones (excluding diaryl/α,β-unsaturated/α-hetero) is 5. The molecule has 13 atom stereocenters. The number of aliphatic carboxylic acids is 2. The van der Waals surface area contributed by atoms with Gasteiger partial charge in [-0.1, -0.05) is 158 Å². The lowest BCUT2D eigenvalue weighted by atomic mass is 9.88. The number of allylic oxidation sites excluding steroid dienone is 4. The Hall–Kier alpha value is -5.04. The summed E-state index contributed by atoms with van der Waals surface area (Å²) < 4.78 is 4.52. The monoisotopic (exact) mass is 1130 g/mol. The molecular weight excluding hydrogens is 1030 g/mol. The molecule has 0 amide bonds. The van der Waals surface area contributed by atoms with E-state index >= 15 is 0 Å². The van der Waals surface area contributed by atoms with Crippen LogP contribution < -0.4 is 0 Å². The number of carbonyl (C=O) groups excluding carboxylic acids is 6. The molecule has 0 aromatic heterocycles. The van der Waals surface area contributed by atoms with Gasteiger partial charge >= 0.3 is 17.9 Å². The van der Waals surface area contributed by atoms with Gasteiger partial charge in [0.2, 0.25) is 0 Å². The first-order chi connectivity index (χ1) is 38.1. The number of hydrogen-bond donors (Lipinski definition) is 8. The number of ketones is 5. The van der Waals surface area contributed by atoms with E-state index < -0.39 is 72.2 Å². The molecule has 3 fully saturated rings. The minimum absolute atomic E-state index is 0.0216. The minimum atomic E-state index is -0.967. The normalized spacial score (nSPS) is 24.7. The number of carboxylic acid groups (broad SMARTS) is 2. The van der Waals surface area contributed by atoms with Crippen LogP contribution in [0.15, 0.2) is 72.9 Å². The minimum Gasteiger partial charge on any atom is -0.481 e. The van der Waals surface area contributed by atoms with Gasteiger partial charge in [0.1, 0.15) is 28.9 Å². The molecule has 0 saturated heterocycles.